The molecule has 0 unspecified atom stereocenters. The van der Waals surface area contributed by atoms with Crippen molar-refractivity contribution in [1.29, 1.82) is 0 Å². The van der Waals surface area contributed by atoms with E-state index in [1.54, 1.807) is 23.7 Å². The molecule has 23 heavy (non-hydrogen) atoms. The van der Waals surface area contributed by atoms with E-state index in [9.17, 15) is 9.59 Å². The molecule has 1 saturated heterocycles. The zero-order valence-electron chi connectivity index (χ0n) is 14.0. The van der Waals surface area contributed by atoms with Gasteiger partial charge in [0.1, 0.15) is 0 Å². The minimum atomic E-state index is -0.327. The van der Waals surface area contributed by atoms with Gasteiger partial charge in [0.05, 0.1) is 25.4 Å². The fourth-order valence-electron chi connectivity index (χ4n) is 3.28. The van der Waals surface area contributed by atoms with Gasteiger partial charge in [-0.1, -0.05) is 11.8 Å². The molecular weight excluding hydrogens is 314 g/mol. The number of rotatable bonds is 4. The highest BCUT2D eigenvalue weighted by Crippen LogP contribution is 2.19. The molecule has 8 heteroatoms. The molecule has 7 nitrogen and oxygen atoms in total. The smallest absolute Gasteiger partial charge is 0.332 e. The molecule has 1 N–H and O–H groups in total. The van der Waals surface area contributed by atoms with Crippen LogP contribution in [0.4, 0.5) is 0 Å². The second-order valence-electron chi connectivity index (χ2n) is 6.24. The van der Waals surface area contributed by atoms with Gasteiger partial charge in [-0.05, 0) is 19.3 Å². The summed E-state index contributed by atoms with van der Waals surface area (Å²) in [5, 5.41) is 0.801. The third kappa shape index (κ3) is 2.97. The Hall–Kier alpha value is -1.54. The highest BCUT2D eigenvalue weighted by molar-refractivity contribution is 7.99. The number of fused-ring (bicyclic) bond motifs is 1. The molecule has 0 aromatic carbocycles. The minimum absolute atomic E-state index is 0.320. The van der Waals surface area contributed by atoms with Gasteiger partial charge in [-0.15, -0.1) is 0 Å². The molecule has 3 heterocycles. The van der Waals surface area contributed by atoms with Crippen LogP contribution in [0.3, 0.4) is 0 Å². The summed E-state index contributed by atoms with van der Waals surface area (Å²) in [4.78, 5) is 30.4. The topological polar surface area (TPSA) is 66.3 Å². The van der Waals surface area contributed by atoms with E-state index >= 15 is 0 Å². The standard InChI is InChI=1S/C15H23N5O2S/c1-17-12-11(13(21)19(3)15(22)18(12)2)16-14(17)23-10-9-20-7-5-4-6-8-20/h4-10H2,1-3H3/p+1. The molecule has 0 spiro atoms. The maximum Gasteiger partial charge on any atom is 0.332 e. The molecule has 2 aromatic rings. The SMILES string of the molecule is Cn1c(=O)c2nc(SCC[NH+]3CCCCC3)n(C)c2n(C)c1=O. The first-order chi connectivity index (χ1) is 11.0. The second kappa shape index (κ2) is 6.52. The van der Waals surface area contributed by atoms with Gasteiger partial charge in [-0.2, -0.15) is 0 Å². The number of nitrogens with zero attached hydrogens (tertiary/aromatic N) is 4. The number of aryl methyl sites for hydroxylation is 2. The Kier molecular flexibility index (Phi) is 4.63. The lowest BCUT2D eigenvalue weighted by Crippen LogP contribution is -3.13. The lowest BCUT2D eigenvalue weighted by atomic mass is 10.1. The molecule has 1 aliphatic rings. The molecule has 2 aromatic heterocycles. The molecular formula is C15H24N5O2S+. The average Bonchev–Trinajstić information content (AvgIpc) is 2.89. The monoisotopic (exact) mass is 338 g/mol. The van der Waals surface area contributed by atoms with Gasteiger partial charge in [0.25, 0.3) is 5.56 Å². The first-order valence-corrected chi connectivity index (χ1v) is 9.08. The zero-order valence-corrected chi connectivity index (χ0v) is 14.8. The number of hydrogen-bond acceptors (Lipinski definition) is 4. The van der Waals surface area contributed by atoms with Crippen LogP contribution in [0.25, 0.3) is 11.2 Å². The van der Waals surface area contributed by atoms with Gasteiger partial charge in [-0.25, -0.2) is 9.78 Å². The van der Waals surface area contributed by atoms with Crippen molar-refractivity contribution in [3.05, 3.63) is 20.8 Å². The quantitative estimate of drug-likeness (QED) is 0.736. The van der Waals surface area contributed by atoms with Crippen LogP contribution in [0.5, 0.6) is 0 Å². The molecule has 0 bridgehead atoms. The molecule has 0 atom stereocenters. The van der Waals surface area contributed by atoms with Crippen molar-refractivity contribution in [3.8, 4) is 0 Å². The fourth-order valence-corrected chi connectivity index (χ4v) is 4.29. The average molecular weight is 338 g/mol. The summed E-state index contributed by atoms with van der Waals surface area (Å²) in [7, 11) is 5.04. The van der Waals surface area contributed by atoms with Crippen LogP contribution in [0.15, 0.2) is 14.7 Å². The van der Waals surface area contributed by atoms with Gasteiger partial charge in [-0.3, -0.25) is 13.9 Å². The molecule has 0 amide bonds. The molecule has 1 aliphatic heterocycles. The Labute approximate surface area is 138 Å². The lowest BCUT2D eigenvalue weighted by molar-refractivity contribution is -0.902. The zero-order chi connectivity index (χ0) is 16.6. The predicted molar refractivity (Wildman–Crippen MR) is 91.3 cm³/mol. The molecule has 0 radical (unpaired) electrons. The Bertz CT molecular complexity index is 829. The summed E-state index contributed by atoms with van der Waals surface area (Å²) in [5.41, 5.74) is 0.308. The number of hydrogen-bond donors (Lipinski definition) is 1. The first kappa shape index (κ1) is 16.3. The number of quaternary nitrogens is 1. The van der Waals surface area contributed by atoms with E-state index in [1.165, 1.54) is 44.0 Å². The van der Waals surface area contributed by atoms with E-state index in [0.717, 1.165) is 22.0 Å². The normalized spacial score (nSPS) is 16.3. The maximum absolute atomic E-state index is 12.2. The Balaban J connectivity index is 1.83. The van der Waals surface area contributed by atoms with Gasteiger partial charge < -0.3 is 9.47 Å². The number of likely N-dealkylation sites (tertiary alicyclic amines) is 1. The van der Waals surface area contributed by atoms with Crippen LogP contribution >= 0.6 is 11.8 Å². The lowest BCUT2D eigenvalue weighted by Gasteiger charge is -2.23. The van der Waals surface area contributed by atoms with Crippen molar-refractivity contribution >= 4 is 22.9 Å². The van der Waals surface area contributed by atoms with Crippen LogP contribution in [0.2, 0.25) is 0 Å². The van der Waals surface area contributed by atoms with E-state index in [-0.39, 0.29) is 11.2 Å². The molecule has 0 aliphatic carbocycles. The van der Waals surface area contributed by atoms with E-state index < -0.39 is 0 Å². The van der Waals surface area contributed by atoms with Crippen molar-refractivity contribution in [2.24, 2.45) is 21.1 Å². The number of aromatic nitrogens is 4. The van der Waals surface area contributed by atoms with E-state index in [1.807, 2.05) is 11.6 Å². The third-order valence-electron chi connectivity index (χ3n) is 4.67. The van der Waals surface area contributed by atoms with Gasteiger partial charge in [0.15, 0.2) is 16.3 Å². The van der Waals surface area contributed by atoms with Gasteiger partial charge >= 0.3 is 5.69 Å². The fraction of sp³-hybridized carbons (Fsp3) is 0.667. The van der Waals surface area contributed by atoms with Crippen LogP contribution in [-0.4, -0.2) is 44.1 Å². The summed E-state index contributed by atoms with van der Waals surface area (Å²) < 4.78 is 4.46. The number of nitrogens with one attached hydrogen (secondary N) is 1. The molecule has 0 saturated carbocycles. The van der Waals surface area contributed by atoms with Crippen molar-refractivity contribution in [3.63, 3.8) is 0 Å². The molecule has 126 valence electrons. The van der Waals surface area contributed by atoms with Crippen molar-refractivity contribution in [2.75, 3.05) is 25.4 Å². The first-order valence-electron chi connectivity index (χ1n) is 8.09. The highest BCUT2D eigenvalue weighted by atomic mass is 32.2. The summed E-state index contributed by atoms with van der Waals surface area (Å²) in [6, 6.07) is 0. The van der Waals surface area contributed by atoms with Crippen molar-refractivity contribution in [1.82, 2.24) is 18.7 Å². The van der Waals surface area contributed by atoms with Crippen molar-refractivity contribution < 1.29 is 4.90 Å². The largest absolute Gasteiger partial charge is 0.334 e. The second-order valence-corrected chi connectivity index (χ2v) is 7.30. The summed E-state index contributed by atoms with van der Waals surface area (Å²) >= 11 is 1.66. The molecule has 3 rings (SSSR count). The van der Waals surface area contributed by atoms with Crippen molar-refractivity contribution in [2.45, 2.75) is 24.4 Å². The highest BCUT2D eigenvalue weighted by Gasteiger charge is 2.18. The van der Waals surface area contributed by atoms with Crippen LogP contribution in [0, 0.1) is 0 Å². The van der Waals surface area contributed by atoms with E-state index in [0.29, 0.717) is 11.2 Å². The number of piperidine rings is 1. The summed E-state index contributed by atoms with van der Waals surface area (Å²) in [6.07, 6.45) is 4.01. The van der Waals surface area contributed by atoms with E-state index in [2.05, 4.69) is 4.98 Å². The summed E-state index contributed by atoms with van der Waals surface area (Å²) in [5.74, 6) is 0.973. The minimum Gasteiger partial charge on any atom is -0.334 e. The van der Waals surface area contributed by atoms with Gasteiger partial charge in [0.2, 0.25) is 0 Å². The number of imidazole rings is 1. The Morgan fingerprint density at radius 3 is 2.43 bits per heavy atom. The van der Waals surface area contributed by atoms with E-state index in [4.69, 9.17) is 0 Å². The van der Waals surface area contributed by atoms with Crippen LogP contribution in [0.1, 0.15) is 19.3 Å². The number of thioether (sulfide) groups is 1. The third-order valence-corrected chi connectivity index (χ3v) is 5.70. The Morgan fingerprint density at radius 1 is 1.04 bits per heavy atom. The summed E-state index contributed by atoms with van der Waals surface area (Å²) in [6.45, 7) is 3.64. The Morgan fingerprint density at radius 2 is 1.74 bits per heavy atom. The van der Waals surface area contributed by atoms with Crippen LogP contribution < -0.4 is 16.1 Å². The predicted octanol–water partition coefficient (Wildman–Crippen LogP) is -0.868. The van der Waals surface area contributed by atoms with Crippen LogP contribution in [-0.2, 0) is 21.1 Å². The van der Waals surface area contributed by atoms with Gasteiger partial charge in [0, 0.05) is 21.1 Å². The molecule has 1 fully saturated rings. The maximum atomic E-state index is 12.2.